The monoisotopic (exact) mass is 318 g/mol. The topological polar surface area (TPSA) is 56.3 Å². The van der Waals surface area contributed by atoms with Gasteiger partial charge in [0.1, 0.15) is 17.3 Å². The molecule has 0 saturated carbocycles. The van der Waals surface area contributed by atoms with Gasteiger partial charge in [0.25, 0.3) is 0 Å². The Morgan fingerprint density at radius 3 is 3.04 bits per heavy atom. The fourth-order valence-electron chi connectivity index (χ4n) is 3.15. The molecule has 2 aromatic heterocycles. The number of rotatable bonds is 7. The molecule has 126 valence electrons. The number of nitrogens with zero attached hydrogens (tertiary/aromatic N) is 4. The number of methoxy groups -OCH3 is 1. The maximum atomic E-state index is 5.48. The predicted molar refractivity (Wildman–Crippen MR) is 87.1 cm³/mol. The van der Waals surface area contributed by atoms with E-state index in [1.165, 1.54) is 6.42 Å². The molecule has 0 spiro atoms. The number of likely N-dealkylation sites (tertiary alicyclic amines) is 1. The number of aromatic nitrogens is 3. The Labute approximate surface area is 137 Å². The molecule has 0 radical (unpaired) electrons. The first-order valence-corrected chi connectivity index (χ1v) is 8.38. The minimum absolute atomic E-state index is 0.332. The molecule has 1 saturated heterocycles. The first kappa shape index (κ1) is 16.2. The molecule has 0 bridgehead atoms. The van der Waals surface area contributed by atoms with Crippen molar-refractivity contribution in [3.05, 3.63) is 35.7 Å². The van der Waals surface area contributed by atoms with Crippen molar-refractivity contribution in [2.45, 2.75) is 51.7 Å². The summed E-state index contributed by atoms with van der Waals surface area (Å²) in [4.78, 5) is 6.97. The van der Waals surface area contributed by atoms with Gasteiger partial charge in [0.2, 0.25) is 0 Å². The zero-order valence-electron chi connectivity index (χ0n) is 14.2. The van der Waals surface area contributed by atoms with Crippen molar-refractivity contribution >= 4 is 0 Å². The molecule has 1 atom stereocenters. The van der Waals surface area contributed by atoms with E-state index in [1.807, 2.05) is 12.4 Å². The van der Waals surface area contributed by atoms with Crippen LogP contribution in [0.4, 0.5) is 0 Å². The Kier molecular flexibility index (Phi) is 5.13. The van der Waals surface area contributed by atoms with Crippen molar-refractivity contribution in [3.63, 3.8) is 0 Å². The standard InChI is InChI=1S/C17H26N4O2/c1-13(2)16-11-14(19-23-16)15-5-4-7-21(15)12-17-18-6-8-20(17)9-10-22-3/h6,8,11,13,15H,4-5,7,9-10,12H2,1-3H3/t15-/m0/s1. The Hall–Kier alpha value is -1.66. The Morgan fingerprint density at radius 1 is 1.43 bits per heavy atom. The molecule has 1 aliphatic heterocycles. The summed E-state index contributed by atoms with van der Waals surface area (Å²) in [5, 5.41) is 4.31. The van der Waals surface area contributed by atoms with Crippen LogP contribution < -0.4 is 0 Å². The van der Waals surface area contributed by atoms with E-state index in [-0.39, 0.29) is 0 Å². The molecule has 2 aromatic rings. The third-order valence-corrected chi connectivity index (χ3v) is 4.50. The first-order chi connectivity index (χ1) is 11.2. The summed E-state index contributed by atoms with van der Waals surface area (Å²) >= 11 is 0. The van der Waals surface area contributed by atoms with Crippen LogP contribution in [-0.2, 0) is 17.8 Å². The van der Waals surface area contributed by atoms with Crippen LogP contribution >= 0.6 is 0 Å². The average Bonchev–Trinajstić information content (AvgIpc) is 3.26. The normalized spacial score (nSPS) is 19.0. The summed E-state index contributed by atoms with van der Waals surface area (Å²) in [6.07, 6.45) is 6.20. The lowest BCUT2D eigenvalue weighted by Crippen LogP contribution is -2.25. The van der Waals surface area contributed by atoms with Crippen LogP contribution in [0.15, 0.2) is 23.0 Å². The lowest BCUT2D eigenvalue weighted by molar-refractivity contribution is 0.182. The summed E-state index contributed by atoms with van der Waals surface area (Å²) in [7, 11) is 1.73. The van der Waals surface area contributed by atoms with Gasteiger partial charge in [-0.15, -0.1) is 0 Å². The van der Waals surface area contributed by atoms with Gasteiger partial charge in [-0.25, -0.2) is 4.98 Å². The Balaban J connectivity index is 1.70. The lowest BCUT2D eigenvalue weighted by Gasteiger charge is -2.22. The van der Waals surface area contributed by atoms with E-state index in [1.54, 1.807) is 7.11 Å². The van der Waals surface area contributed by atoms with Crippen molar-refractivity contribution in [1.82, 2.24) is 19.6 Å². The zero-order valence-corrected chi connectivity index (χ0v) is 14.2. The van der Waals surface area contributed by atoms with Crippen molar-refractivity contribution in [2.75, 3.05) is 20.3 Å². The van der Waals surface area contributed by atoms with E-state index in [9.17, 15) is 0 Å². The SMILES string of the molecule is COCCn1ccnc1CN1CCC[C@H]1c1cc(C(C)C)on1. The highest BCUT2D eigenvalue weighted by Crippen LogP contribution is 2.33. The lowest BCUT2D eigenvalue weighted by atomic mass is 10.1. The molecule has 0 amide bonds. The third kappa shape index (κ3) is 3.64. The van der Waals surface area contributed by atoms with E-state index < -0.39 is 0 Å². The molecule has 6 heteroatoms. The van der Waals surface area contributed by atoms with Crippen LogP contribution in [0.1, 0.15) is 55.9 Å². The van der Waals surface area contributed by atoms with Crippen LogP contribution in [0, 0.1) is 0 Å². The van der Waals surface area contributed by atoms with Gasteiger partial charge < -0.3 is 13.8 Å². The van der Waals surface area contributed by atoms with Crippen LogP contribution in [0.3, 0.4) is 0 Å². The molecule has 0 aliphatic carbocycles. The highest BCUT2D eigenvalue weighted by molar-refractivity contribution is 5.14. The second-order valence-electron chi connectivity index (χ2n) is 6.47. The predicted octanol–water partition coefficient (Wildman–Crippen LogP) is 2.98. The van der Waals surface area contributed by atoms with Gasteiger partial charge in [-0.1, -0.05) is 19.0 Å². The smallest absolute Gasteiger partial charge is 0.139 e. The number of hydrogen-bond acceptors (Lipinski definition) is 5. The van der Waals surface area contributed by atoms with Gasteiger partial charge >= 0.3 is 0 Å². The fourth-order valence-corrected chi connectivity index (χ4v) is 3.15. The van der Waals surface area contributed by atoms with Crippen LogP contribution in [-0.4, -0.2) is 39.9 Å². The molecule has 23 heavy (non-hydrogen) atoms. The van der Waals surface area contributed by atoms with E-state index in [0.717, 1.165) is 43.3 Å². The summed E-state index contributed by atoms with van der Waals surface area (Å²) in [6.45, 7) is 7.71. The van der Waals surface area contributed by atoms with Gasteiger partial charge in [-0.05, 0) is 19.4 Å². The molecule has 0 N–H and O–H groups in total. The average molecular weight is 318 g/mol. The maximum Gasteiger partial charge on any atom is 0.139 e. The van der Waals surface area contributed by atoms with E-state index >= 15 is 0 Å². The van der Waals surface area contributed by atoms with E-state index in [4.69, 9.17) is 9.26 Å². The summed E-state index contributed by atoms with van der Waals surface area (Å²) in [6, 6.07) is 2.45. The number of imidazole rings is 1. The van der Waals surface area contributed by atoms with Crippen molar-refractivity contribution in [2.24, 2.45) is 0 Å². The van der Waals surface area contributed by atoms with Gasteiger partial charge in [-0.3, -0.25) is 4.90 Å². The molecule has 0 aromatic carbocycles. The molecular weight excluding hydrogens is 292 g/mol. The fraction of sp³-hybridized carbons (Fsp3) is 0.647. The van der Waals surface area contributed by atoms with Crippen molar-refractivity contribution in [1.29, 1.82) is 0 Å². The largest absolute Gasteiger partial charge is 0.383 e. The van der Waals surface area contributed by atoms with Gasteiger partial charge in [0, 0.05) is 38.0 Å². The molecule has 3 heterocycles. The Morgan fingerprint density at radius 2 is 2.30 bits per heavy atom. The highest BCUT2D eigenvalue weighted by Gasteiger charge is 2.29. The van der Waals surface area contributed by atoms with E-state index in [2.05, 4.69) is 39.5 Å². The molecule has 3 rings (SSSR count). The third-order valence-electron chi connectivity index (χ3n) is 4.50. The maximum absolute atomic E-state index is 5.48. The van der Waals surface area contributed by atoms with Gasteiger partial charge in [0.15, 0.2) is 0 Å². The molecule has 1 fully saturated rings. The number of hydrogen-bond donors (Lipinski definition) is 0. The molecule has 6 nitrogen and oxygen atoms in total. The number of ether oxygens (including phenoxy) is 1. The zero-order chi connectivity index (χ0) is 16.2. The van der Waals surface area contributed by atoms with E-state index in [0.29, 0.717) is 18.6 Å². The second kappa shape index (κ2) is 7.27. The van der Waals surface area contributed by atoms with Crippen molar-refractivity contribution in [3.8, 4) is 0 Å². The minimum atomic E-state index is 0.332. The van der Waals surface area contributed by atoms with Crippen LogP contribution in [0.25, 0.3) is 0 Å². The quantitative estimate of drug-likeness (QED) is 0.785. The molecule has 1 aliphatic rings. The minimum Gasteiger partial charge on any atom is -0.383 e. The summed E-state index contributed by atoms with van der Waals surface area (Å²) in [5.74, 6) is 2.43. The van der Waals surface area contributed by atoms with Gasteiger partial charge in [0.05, 0.1) is 19.2 Å². The van der Waals surface area contributed by atoms with Crippen molar-refractivity contribution < 1.29 is 9.26 Å². The van der Waals surface area contributed by atoms with Gasteiger partial charge in [-0.2, -0.15) is 0 Å². The van der Waals surface area contributed by atoms with Crippen LogP contribution in [0.5, 0.6) is 0 Å². The summed E-state index contributed by atoms with van der Waals surface area (Å²) < 4.78 is 12.8. The molecular formula is C17H26N4O2. The first-order valence-electron chi connectivity index (χ1n) is 8.38. The van der Waals surface area contributed by atoms with Crippen LogP contribution in [0.2, 0.25) is 0 Å². The highest BCUT2D eigenvalue weighted by atomic mass is 16.5. The summed E-state index contributed by atoms with van der Waals surface area (Å²) in [5.41, 5.74) is 1.06. The molecule has 0 unspecified atom stereocenters. The Bertz CT molecular complexity index is 620. The second-order valence-corrected chi connectivity index (χ2v) is 6.47.